The second-order valence-corrected chi connectivity index (χ2v) is 5.62. The number of amides is 1. The van der Waals surface area contributed by atoms with E-state index in [0.717, 1.165) is 48.9 Å². The second-order valence-electron chi connectivity index (χ2n) is 4.55. The van der Waals surface area contributed by atoms with Crippen LogP contribution in [0.25, 0.3) is 0 Å². The van der Waals surface area contributed by atoms with Crippen molar-refractivity contribution in [1.82, 2.24) is 15.1 Å². The monoisotopic (exact) mass is 268 g/mol. The largest absolute Gasteiger partial charge is 0.360 e. The molecule has 2 rings (SSSR count). The van der Waals surface area contributed by atoms with E-state index < -0.39 is 0 Å². The van der Waals surface area contributed by atoms with Crippen molar-refractivity contribution < 1.29 is 4.79 Å². The smallest absolute Gasteiger partial charge is 0.222 e. The van der Waals surface area contributed by atoms with E-state index in [1.807, 2.05) is 4.90 Å². The van der Waals surface area contributed by atoms with Crippen LogP contribution in [0.2, 0.25) is 0 Å². The van der Waals surface area contributed by atoms with Crippen molar-refractivity contribution in [2.45, 2.75) is 45.6 Å². The highest BCUT2D eigenvalue weighted by molar-refractivity contribution is 7.15. The molecule has 1 saturated heterocycles. The molecule has 0 bridgehead atoms. The fourth-order valence-corrected chi connectivity index (χ4v) is 2.77. The summed E-state index contributed by atoms with van der Waals surface area (Å²) in [6, 6.07) is 0. The average Bonchev–Trinajstić information content (AvgIpc) is 2.72. The molecule has 1 aromatic rings. The molecule has 5 nitrogen and oxygen atoms in total. The zero-order chi connectivity index (χ0) is 12.8. The van der Waals surface area contributed by atoms with Crippen LogP contribution >= 0.6 is 11.3 Å². The lowest BCUT2D eigenvalue weighted by molar-refractivity contribution is -0.131. The fourth-order valence-electron chi connectivity index (χ4n) is 1.99. The highest BCUT2D eigenvalue weighted by Gasteiger charge is 2.18. The Morgan fingerprint density at radius 1 is 1.33 bits per heavy atom. The van der Waals surface area contributed by atoms with Gasteiger partial charge in [0.1, 0.15) is 5.01 Å². The summed E-state index contributed by atoms with van der Waals surface area (Å²) in [7, 11) is 0. The summed E-state index contributed by atoms with van der Waals surface area (Å²) < 4.78 is 0. The molecular weight excluding hydrogens is 248 g/mol. The Bertz CT molecular complexity index is 393. The molecule has 0 unspecified atom stereocenters. The molecule has 18 heavy (non-hydrogen) atoms. The van der Waals surface area contributed by atoms with Crippen molar-refractivity contribution in [3.05, 3.63) is 5.01 Å². The maximum absolute atomic E-state index is 11.9. The zero-order valence-corrected chi connectivity index (χ0v) is 11.6. The predicted octanol–water partition coefficient (Wildman–Crippen LogP) is 2.26. The molecular formula is C12H20N4OS. The summed E-state index contributed by atoms with van der Waals surface area (Å²) in [5.74, 6) is 0.255. The van der Waals surface area contributed by atoms with Crippen molar-refractivity contribution in [3.63, 3.8) is 0 Å². The van der Waals surface area contributed by atoms with E-state index in [2.05, 4.69) is 22.4 Å². The third-order valence-electron chi connectivity index (χ3n) is 2.99. The van der Waals surface area contributed by atoms with E-state index in [-0.39, 0.29) is 5.91 Å². The molecule has 1 amide bonds. The number of nitrogens with zero attached hydrogens (tertiary/aromatic N) is 3. The first-order valence-corrected chi connectivity index (χ1v) is 7.45. The zero-order valence-electron chi connectivity index (χ0n) is 10.8. The van der Waals surface area contributed by atoms with Gasteiger partial charge in [-0.15, -0.1) is 10.2 Å². The number of likely N-dealkylation sites (tertiary alicyclic amines) is 1. The van der Waals surface area contributed by atoms with Gasteiger partial charge in [0.05, 0.1) is 6.54 Å². The van der Waals surface area contributed by atoms with Gasteiger partial charge in [0.2, 0.25) is 11.0 Å². The van der Waals surface area contributed by atoms with E-state index >= 15 is 0 Å². The van der Waals surface area contributed by atoms with Gasteiger partial charge in [-0.3, -0.25) is 4.79 Å². The van der Waals surface area contributed by atoms with Gasteiger partial charge in [-0.25, -0.2) is 0 Å². The molecule has 0 radical (unpaired) electrons. The van der Waals surface area contributed by atoms with Gasteiger partial charge in [-0.2, -0.15) is 0 Å². The van der Waals surface area contributed by atoms with Gasteiger partial charge in [0, 0.05) is 19.5 Å². The number of carbonyl (C=O) groups excluding carboxylic acids is 1. The summed E-state index contributed by atoms with van der Waals surface area (Å²) in [6.45, 7) is 4.50. The SMILES string of the molecule is CCCNc1nnc(CN2CCCCCC2=O)s1. The van der Waals surface area contributed by atoms with Crippen molar-refractivity contribution in [3.8, 4) is 0 Å². The van der Waals surface area contributed by atoms with E-state index in [1.165, 1.54) is 0 Å². The molecule has 0 aromatic carbocycles. The first-order chi connectivity index (χ1) is 8.79. The van der Waals surface area contributed by atoms with Crippen molar-refractivity contribution in [2.24, 2.45) is 0 Å². The highest BCUT2D eigenvalue weighted by atomic mass is 32.1. The third kappa shape index (κ3) is 3.66. The number of hydrogen-bond donors (Lipinski definition) is 1. The minimum absolute atomic E-state index is 0.255. The lowest BCUT2D eigenvalue weighted by Crippen LogP contribution is -2.29. The quantitative estimate of drug-likeness (QED) is 0.890. The molecule has 1 aliphatic rings. The molecule has 1 aliphatic heterocycles. The van der Waals surface area contributed by atoms with Gasteiger partial charge in [-0.05, 0) is 19.3 Å². The Labute approximate surface area is 112 Å². The standard InChI is InChI=1S/C12H20N4OS/c1-2-7-13-12-15-14-10(18-12)9-16-8-5-3-4-6-11(16)17/h2-9H2,1H3,(H,13,15). The van der Waals surface area contributed by atoms with Crippen molar-refractivity contribution >= 4 is 22.4 Å². The molecule has 100 valence electrons. The number of hydrogen-bond acceptors (Lipinski definition) is 5. The van der Waals surface area contributed by atoms with E-state index in [4.69, 9.17) is 0 Å². The fraction of sp³-hybridized carbons (Fsp3) is 0.750. The van der Waals surface area contributed by atoms with E-state index in [9.17, 15) is 4.79 Å². The molecule has 1 N–H and O–H groups in total. The van der Waals surface area contributed by atoms with Crippen molar-refractivity contribution in [2.75, 3.05) is 18.4 Å². The second kappa shape index (κ2) is 6.68. The Hall–Kier alpha value is -1.17. The molecule has 6 heteroatoms. The van der Waals surface area contributed by atoms with E-state index in [0.29, 0.717) is 13.0 Å². The predicted molar refractivity (Wildman–Crippen MR) is 72.6 cm³/mol. The van der Waals surface area contributed by atoms with Crippen LogP contribution in [0, 0.1) is 0 Å². The van der Waals surface area contributed by atoms with Crippen LogP contribution in [0.3, 0.4) is 0 Å². The molecule has 0 atom stereocenters. The van der Waals surface area contributed by atoms with Gasteiger partial charge in [-0.1, -0.05) is 24.7 Å². The van der Waals surface area contributed by atoms with Crippen LogP contribution in [0.1, 0.15) is 44.0 Å². The number of aromatic nitrogens is 2. The van der Waals surface area contributed by atoms with Crippen LogP contribution in [-0.4, -0.2) is 34.1 Å². The molecule has 0 spiro atoms. The van der Waals surface area contributed by atoms with Crippen LogP contribution in [0.4, 0.5) is 5.13 Å². The first kappa shape index (κ1) is 13.3. The minimum Gasteiger partial charge on any atom is -0.360 e. The summed E-state index contributed by atoms with van der Waals surface area (Å²) in [4.78, 5) is 13.8. The van der Waals surface area contributed by atoms with Crippen LogP contribution in [-0.2, 0) is 11.3 Å². The number of nitrogens with one attached hydrogen (secondary N) is 1. The Balaban J connectivity index is 1.91. The number of carbonyl (C=O) groups is 1. The van der Waals surface area contributed by atoms with Gasteiger partial charge < -0.3 is 10.2 Å². The summed E-state index contributed by atoms with van der Waals surface area (Å²) in [5.41, 5.74) is 0. The number of anilines is 1. The van der Waals surface area contributed by atoms with Crippen molar-refractivity contribution in [1.29, 1.82) is 0 Å². The van der Waals surface area contributed by atoms with Crippen LogP contribution in [0.15, 0.2) is 0 Å². The topological polar surface area (TPSA) is 58.1 Å². The summed E-state index contributed by atoms with van der Waals surface area (Å²) in [6.07, 6.45) is 5.03. The Morgan fingerprint density at radius 2 is 2.22 bits per heavy atom. The normalized spacial score (nSPS) is 16.7. The van der Waals surface area contributed by atoms with Crippen LogP contribution < -0.4 is 5.32 Å². The Morgan fingerprint density at radius 3 is 3.06 bits per heavy atom. The lowest BCUT2D eigenvalue weighted by atomic mass is 10.2. The maximum Gasteiger partial charge on any atom is 0.222 e. The Kier molecular flexibility index (Phi) is 4.92. The third-order valence-corrected chi connectivity index (χ3v) is 3.86. The van der Waals surface area contributed by atoms with Crippen LogP contribution in [0.5, 0.6) is 0 Å². The average molecular weight is 268 g/mol. The van der Waals surface area contributed by atoms with E-state index in [1.54, 1.807) is 11.3 Å². The van der Waals surface area contributed by atoms with Gasteiger partial charge in [0.15, 0.2) is 0 Å². The molecule has 0 aliphatic carbocycles. The molecule has 2 heterocycles. The first-order valence-electron chi connectivity index (χ1n) is 6.63. The van der Waals surface area contributed by atoms with Gasteiger partial charge in [0.25, 0.3) is 0 Å². The molecule has 1 fully saturated rings. The number of rotatable bonds is 5. The van der Waals surface area contributed by atoms with Gasteiger partial charge >= 0.3 is 0 Å². The maximum atomic E-state index is 11.9. The molecule has 1 aromatic heterocycles. The lowest BCUT2D eigenvalue weighted by Gasteiger charge is -2.18. The minimum atomic E-state index is 0.255. The molecule has 0 saturated carbocycles. The summed E-state index contributed by atoms with van der Waals surface area (Å²) >= 11 is 1.55. The summed E-state index contributed by atoms with van der Waals surface area (Å²) in [5, 5.41) is 13.2. The highest BCUT2D eigenvalue weighted by Crippen LogP contribution is 2.19.